The molecule has 146 valence electrons. The Morgan fingerprint density at radius 1 is 1.11 bits per heavy atom. The fourth-order valence-corrected chi connectivity index (χ4v) is 2.92. The maximum absolute atomic E-state index is 12.6. The highest BCUT2D eigenvalue weighted by molar-refractivity contribution is 7.80. The van der Waals surface area contributed by atoms with Gasteiger partial charge in [0, 0.05) is 12.3 Å². The lowest BCUT2D eigenvalue weighted by molar-refractivity contribution is -0.0493. The lowest BCUT2D eigenvalue weighted by Gasteiger charge is -2.14. The van der Waals surface area contributed by atoms with Gasteiger partial charge in [0.1, 0.15) is 5.75 Å². The quantitative estimate of drug-likeness (QED) is 0.571. The third-order valence-corrected chi connectivity index (χ3v) is 4.11. The van der Waals surface area contributed by atoms with Gasteiger partial charge < -0.3 is 15.4 Å². The van der Waals surface area contributed by atoms with Crippen LogP contribution in [-0.2, 0) is 6.54 Å². The Bertz CT molecular complexity index is 974. The van der Waals surface area contributed by atoms with Crippen LogP contribution in [0.4, 0.5) is 20.3 Å². The van der Waals surface area contributed by atoms with E-state index in [2.05, 4.69) is 26.5 Å². The molecule has 1 aromatic heterocycles. The lowest BCUT2D eigenvalue weighted by atomic mass is 10.1. The van der Waals surface area contributed by atoms with Crippen molar-refractivity contribution in [1.82, 2.24) is 9.78 Å². The van der Waals surface area contributed by atoms with E-state index in [-0.39, 0.29) is 10.9 Å². The van der Waals surface area contributed by atoms with E-state index in [0.29, 0.717) is 18.1 Å². The van der Waals surface area contributed by atoms with E-state index in [1.165, 1.54) is 11.6 Å². The molecule has 2 N–H and O–H groups in total. The minimum atomic E-state index is -2.92. The summed E-state index contributed by atoms with van der Waals surface area (Å²) in [6.07, 6.45) is 1.84. The third kappa shape index (κ3) is 5.50. The van der Waals surface area contributed by atoms with Crippen LogP contribution in [0.1, 0.15) is 16.7 Å². The van der Waals surface area contributed by atoms with Crippen molar-refractivity contribution in [2.24, 2.45) is 0 Å². The average molecular weight is 402 g/mol. The van der Waals surface area contributed by atoms with Gasteiger partial charge in [-0.3, -0.25) is 4.68 Å². The van der Waals surface area contributed by atoms with E-state index in [4.69, 9.17) is 12.2 Å². The van der Waals surface area contributed by atoms with Crippen molar-refractivity contribution in [3.05, 3.63) is 71.4 Å². The first kappa shape index (κ1) is 19.8. The molecule has 0 amide bonds. The first-order valence-corrected chi connectivity index (χ1v) is 9.02. The Morgan fingerprint density at radius 3 is 2.64 bits per heavy atom. The van der Waals surface area contributed by atoms with Gasteiger partial charge in [0.2, 0.25) is 0 Å². The highest BCUT2D eigenvalue weighted by Gasteiger charge is 2.12. The molecule has 0 fully saturated rings. The molecule has 28 heavy (non-hydrogen) atoms. The maximum atomic E-state index is 12.6. The van der Waals surface area contributed by atoms with Gasteiger partial charge in [-0.15, -0.1) is 0 Å². The van der Waals surface area contributed by atoms with Crippen LogP contribution in [0, 0.1) is 13.8 Å². The lowest BCUT2D eigenvalue weighted by Crippen LogP contribution is -2.20. The second kappa shape index (κ2) is 8.79. The Balaban J connectivity index is 1.64. The predicted molar refractivity (Wildman–Crippen MR) is 110 cm³/mol. The number of aromatic nitrogens is 2. The van der Waals surface area contributed by atoms with Crippen LogP contribution in [0.15, 0.2) is 54.7 Å². The largest absolute Gasteiger partial charge is 0.433 e. The Morgan fingerprint density at radius 2 is 1.89 bits per heavy atom. The fraction of sp³-hybridized carbons (Fsp3) is 0.200. The normalized spacial score (nSPS) is 10.8. The number of nitrogens with one attached hydrogen (secondary N) is 2. The van der Waals surface area contributed by atoms with Gasteiger partial charge in [-0.2, -0.15) is 13.9 Å². The minimum Gasteiger partial charge on any atom is -0.433 e. The number of hydrogen-bond acceptors (Lipinski definition) is 3. The van der Waals surface area contributed by atoms with Crippen molar-refractivity contribution in [1.29, 1.82) is 0 Å². The molecule has 0 bridgehead atoms. The molecule has 0 spiro atoms. The maximum Gasteiger partial charge on any atom is 0.387 e. The first-order chi connectivity index (χ1) is 13.4. The summed E-state index contributed by atoms with van der Waals surface area (Å²) in [5.74, 6) is 0.581. The summed E-state index contributed by atoms with van der Waals surface area (Å²) in [5.41, 5.74) is 3.48. The molecule has 0 radical (unpaired) electrons. The van der Waals surface area contributed by atoms with Gasteiger partial charge >= 0.3 is 6.61 Å². The number of benzene rings is 2. The van der Waals surface area contributed by atoms with E-state index in [9.17, 15) is 8.78 Å². The van der Waals surface area contributed by atoms with Crippen LogP contribution in [0.25, 0.3) is 0 Å². The molecule has 0 aliphatic rings. The van der Waals surface area contributed by atoms with E-state index >= 15 is 0 Å². The number of aryl methyl sites for hydroxylation is 2. The van der Waals surface area contributed by atoms with Gasteiger partial charge in [0.05, 0.1) is 12.2 Å². The zero-order valence-electron chi connectivity index (χ0n) is 15.4. The molecule has 0 aliphatic carbocycles. The summed E-state index contributed by atoms with van der Waals surface area (Å²) in [6.45, 7) is 1.55. The summed E-state index contributed by atoms with van der Waals surface area (Å²) >= 11 is 5.27. The van der Waals surface area contributed by atoms with Crippen LogP contribution in [0.3, 0.4) is 0 Å². The number of ether oxygens (including phenoxy) is 1. The molecule has 0 unspecified atom stereocenters. The summed E-state index contributed by atoms with van der Waals surface area (Å²) in [5, 5.41) is 10.5. The van der Waals surface area contributed by atoms with Gasteiger partial charge in [0.15, 0.2) is 10.9 Å². The second-order valence-electron chi connectivity index (χ2n) is 6.34. The van der Waals surface area contributed by atoms with Crippen molar-refractivity contribution in [3.8, 4) is 5.75 Å². The number of rotatable bonds is 6. The van der Waals surface area contributed by atoms with Crippen molar-refractivity contribution in [2.75, 3.05) is 10.6 Å². The van der Waals surface area contributed by atoms with E-state index < -0.39 is 6.61 Å². The van der Waals surface area contributed by atoms with Crippen molar-refractivity contribution in [3.63, 3.8) is 0 Å². The van der Waals surface area contributed by atoms with Crippen molar-refractivity contribution in [2.45, 2.75) is 27.0 Å². The molecule has 8 heteroatoms. The molecular weight excluding hydrogens is 382 g/mol. The molecule has 5 nitrogen and oxygen atoms in total. The van der Waals surface area contributed by atoms with E-state index in [0.717, 1.165) is 11.1 Å². The molecule has 0 saturated heterocycles. The standard InChI is InChI=1S/C20H20F2N4OS/c1-13-4-3-5-15(10-13)12-26-9-8-18(25-26)24-20(28)23-16-7-6-14(2)11-17(16)27-19(21)22/h3-11,19H,12H2,1-2H3,(H2,23,24,25,28). The van der Waals surface area contributed by atoms with Gasteiger partial charge in [0.25, 0.3) is 0 Å². The summed E-state index contributed by atoms with van der Waals surface area (Å²) in [4.78, 5) is 0. The molecule has 0 saturated carbocycles. The average Bonchev–Trinajstić information content (AvgIpc) is 3.03. The Hall–Kier alpha value is -3.00. The number of hydrogen-bond donors (Lipinski definition) is 2. The van der Waals surface area contributed by atoms with Crippen LogP contribution in [0.2, 0.25) is 0 Å². The Kier molecular flexibility index (Phi) is 6.20. The minimum absolute atomic E-state index is 0.0316. The molecule has 0 atom stereocenters. The zero-order chi connectivity index (χ0) is 20.1. The van der Waals surface area contributed by atoms with E-state index in [1.807, 2.05) is 31.3 Å². The number of alkyl halides is 2. The van der Waals surface area contributed by atoms with Crippen LogP contribution >= 0.6 is 12.2 Å². The van der Waals surface area contributed by atoms with Gasteiger partial charge in [-0.05, 0) is 49.3 Å². The summed E-state index contributed by atoms with van der Waals surface area (Å²) in [6, 6.07) is 14.9. The van der Waals surface area contributed by atoms with Crippen LogP contribution in [-0.4, -0.2) is 21.5 Å². The SMILES string of the molecule is Cc1cccc(Cn2ccc(NC(=S)Nc3ccc(C)cc3OC(F)F)n2)c1. The Labute approximate surface area is 167 Å². The highest BCUT2D eigenvalue weighted by Crippen LogP contribution is 2.27. The number of halogens is 2. The summed E-state index contributed by atoms with van der Waals surface area (Å²) < 4.78 is 31.6. The van der Waals surface area contributed by atoms with Crippen molar-refractivity contribution >= 4 is 28.8 Å². The fourth-order valence-electron chi connectivity index (χ4n) is 2.71. The zero-order valence-corrected chi connectivity index (χ0v) is 16.3. The monoisotopic (exact) mass is 402 g/mol. The smallest absolute Gasteiger partial charge is 0.387 e. The van der Waals surface area contributed by atoms with Crippen LogP contribution < -0.4 is 15.4 Å². The first-order valence-electron chi connectivity index (χ1n) is 8.61. The molecule has 1 heterocycles. The second-order valence-corrected chi connectivity index (χ2v) is 6.75. The third-order valence-electron chi connectivity index (χ3n) is 3.91. The number of thiocarbonyl (C=S) groups is 1. The molecule has 3 aromatic rings. The number of nitrogens with zero attached hydrogens (tertiary/aromatic N) is 2. The van der Waals surface area contributed by atoms with E-state index in [1.54, 1.807) is 29.8 Å². The molecule has 0 aliphatic heterocycles. The predicted octanol–water partition coefficient (Wildman–Crippen LogP) is 4.96. The summed E-state index contributed by atoms with van der Waals surface area (Å²) in [7, 11) is 0. The molecule has 3 rings (SSSR count). The van der Waals surface area contributed by atoms with Gasteiger partial charge in [-0.25, -0.2) is 0 Å². The molecule has 2 aromatic carbocycles. The van der Waals surface area contributed by atoms with Gasteiger partial charge in [-0.1, -0.05) is 35.9 Å². The topological polar surface area (TPSA) is 51.1 Å². The van der Waals surface area contributed by atoms with Crippen molar-refractivity contribution < 1.29 is 13.5 Å². The number of anilines is 2. The van der Waals surface area contributed by atoms with Crippen LogP contribution in [0.5, 0.6) is 5.75 Å². The highest BCUT2D eigenvalue weighted by atomic mass is 32.1. The molecular formula is C20H20F2N4OS.